The van der Waals surface area contributed by atoms with Gasteiger partial charge in [0.25, 0.3) is 5.91 Å². The molecule has 0 spiro atoms. The molecule has 1 aromatic rings. The van der Waals surface area contributed by atoms with E-state index in [4.69, 9.17) is 18.9 Å². The maximum Gasteiger partial charge on any atom is 0.338 e. The Morgan fingerprint density at radius 3 is 2.49 bits per heavy atom. The van der Waals surface area contributed by atoms with Crippen LogP contribution in [0.25, 0.3) is 0 Å². The van der Waals surface area contributed by atoms with E-state index >= 15 is 0 Å². The molecule has 2 amide bonds. The van der Waals surface area contributed by atoms with Crippen LogP contribution < -0.4 is 10.6 Å². The summed E-state index contributed by atoms with van der Waals surface area (Å²) in [7, 11) is 1.35. The molecule has 6 atom stereocenters. The number of nitrogens with one attached hydrogen (secondary N) is 2. The van der Waals surface area contributed by atoms with Gasteiger partial charge in [-0.25, -0.2) is 4.79 Å². The van der Waals surface area contributed by atoms with E-state index in [0.717, 1.165) is 19.3 Å². The Bertz CT molecular complexity index is 1110. The van der Waals surface area contributed by atoms with Crippen molar-refractivity contribution >= 4 is 17.8 Å². The summed E-state index contributed by atoms with van der Waals surface area (Å²) in [5.74, 6) is -2.54. The summed E-state index contributed by atoms with van der Waals surface area (Å²) in [5.41, 5.74) is 1.49. The lowest BCUT2D eigenvalue weighted by atomic mass is 9.93. The first-order valence-electron chi connectivity index (χ1n) is 15.4. The number of esters is 1. The van der Waals surface area contributed by atoms with E-state index in [2.05, 4.69) is 17.6 Å². The molecule has 0 radical (unpaired) electrons. The number of benzene rings is 1. The van der Waals surface area contributed by atoms with Crippen LogP contribution in [-0.4, -0.2) is 78.9 Å². The number of amides is 2. The van der Waals surface area contributed by atoms with E-state index in [1.54, 1.807) is 32.1 Å². The van der Waals surface area contributed by atoms with E-state index in [0.29, 0.717) is 12.0 Å². The Morgan fingerprint density at radius 1 is 1.16 bits per heavy atom. The molecule has 0 aromatic heterocycles. The molecule has 1 aromatic carbocycles. The number of aliphatic hydroxyl groups excluding tert-OH is 1. The third kappa shape index (κ3) is 10.4. The third-order valence-corrected chi connectivity index (χ3v) is 7.56. The van der Waals surface area contributed by atoms with Gasteiger partial charge in [-0.05, 0) is 62.6 Å². The maximum atomic E-state index is 13.4. The van der Waals surface area contributed by atoms with Crippen LogP contribution in [0.5, 0.6) is 0 Å². The smallest absolute Gasteiger partial charge is 0.338 e. The average molecular weight is 603 g/mol. The highest BCUT2D eigenvalue weighted by Crippen LogP contribution is 2.31. The number of carbonyl (C=O) groups is 3. The fourth-order valence-corrected chi connectivity index (χ4v) is 5.20. The van der Waals surface area contributed by atoms with Crippen molar-refractivity contribution in [2.24, 2.45) is 5.41 Å². The van der Waals surface area contributed by atoms with E-state index in [1.165, 1.54) is 19.1 Å². The van der Waals surface area contributed by atoms with Crippen LogP contribution in [0, 0.1) is 5.41 Å². The maximum absolute atomic E-state index is 13.4. The largest absolute Gasteiger partial charge is 0.457 e. The number of unbranched alkanes of at least 4 members (excludes halogenated alkanes) is 2. The van der Waals surface area contributed by atoms with Gasteiger partial charge in [-0.1, -0.05) is 64.8 Å². The Labute approximate surface area is 255 Å². The van der Waals surface area contributed by atoms with Crippen molar-refractivity contribution in [1.82, 2.24) is 10.6 Å². The van der Waals surface area contributed by atoms with Crippen LogP contribution in [0.4, 0.5) is 0 Å². The molecule has 0 unspecified atom stereocenters. The summed E-state index contributed by atoms with van der Waals surface area (Å²) in [6.45, 7) is 11.8. The van der Waals surface area contributed by atoms with Gasteiger partial charge in [0.15, 0.2) is 11.9 Å². The summed E-state index contributed by atoms with van der Waals surface area (Å²) in [6, 6.07) is 6.55. The van der Waals surface area contributed by atoms with Gasteiger partial charge in [-0.15, -0.1) is 0 Å². The number of rotatable bonds is 11. The van der Waals surface area contributed by atoms with Gasteiger partial charge in [-0.3, -0.25) is 9.59 Å². The Kier molecular flexibility index (Phi) is 12.3. The zero-order valence-corrected chi connectivity index (χ0v) is 26.7. The van der Waals surface area contributed by atoms with Crippen LogP contribution in [0.2, 0.25) is 0 Å². The zero-order valence-electron chi connectivity index (χ0n) is 26.7. The topological polar surface area (TPSA) is 132 Å². The molecule has 0 saturated carbocycles. The first kappa shape index (κ1) is 34.7. The SMILES string of the molecule is CCCCCc1ccc(C(=O)O[C@@H]2CC[C@H](NC(=O)[C@H](OC)[C@@H]3OC(C)(C)O[C@H](/C=C/C(C)(C)C)[C@@H]3O)C(=O)NC2)cc1. The van der Waals surface area contributed by atoms with Crippen molar-refractivity contribution in [3.8, 4) is 0 Å². The molecule has 10 nitrogen and oxygen atoms in total. The minimum absolute atomic E-state index is 0.136. The lowest BCUT2D eigenvalue weighted by Gasteiger charge is -2.45. The van der Waals surface area contributed by atoms with E-state index < -0.39 is 60.1 Å². The monoisotopic (exact) mass is 602 g/mol. The second-order valence-electron chi connectivity index (χ2n) is 13.0. The lowest BCUT2D eigenvalue weighted by molar-refractivity contribution is -0.334. The van der Waals surface area contributed by atoms with Gasteiger partial charge < -0.3 is 34.7 Å². The molecule has 3 rings (SSSR count). The Morgan fingerprint density at radius 2 is 1.86 bits per heavy atom. The minimum Gasteiger partial charge on any atom is -0.457 e. The summed E-state index contributed by atoms with van der Waals surface area (Å²) >= 11 is 0. The van der Waals surface area contributed by atoms with Crippen molar-refractivity contribution in [2.45, 2.75) is 122 Å². The van der Waals surface area contributed by atoms with Crippen molar-refractivity contribution in [2.75, 3.05) is 13.7 Å². The molecule has 2 aliphatic heterocycles. The number of aryl methyl sites for hydroxylation is 1. The van der Waals surface area contributed by atoms with Crippen molar-refractivity contribution in [1.29, 1.82) is 0 Å². The van der Waals surface area contributed by atoms with Gasteiger partial charge >= 0.3 is 5.97 Å². The standard InChI is InChI=1S/C33H50N2O8/c1-8-9-10-11-21-12-14-22(15-13-21)31(39)41-23-16-17-24(29(37)34-20-23)35-30(38)28(40-7)27-26(36)25(18-19-32(2,3)4)42-33(5,6)43-27/h12-15,18-19,23-28,36H,8-11,16-17,20H2,1-7H3,(H,34,37)(H,35,38)/b19-18+/t23-,24+,25-,26+,27-,28-/m1/s1. The van der Waals surface area contributed by atoms with Crippen LogP contribution in [0.1, 0.15) is 89.6 Å². The zero-order chi connectivity index (χ0) is 31.8. The second kappa shape index (κ2) is 15.3. The average Bonchev–Trinajstić information content (AvgIpc) is 3.10. The Hall–Kier alpha value is -2.79. The molecular weight excluding hydrogens is 552 g/mol. The van der Waals surface area contributed by atoms with Crippen LogP contribution in [0.15, 0.2) is 36.4 Å². The molecule has 240 valence electrons. The quantitative estimate of drug-likeness (QED) is 0.198. The summed E-state index contributed by atoms with van der Waals surface area (Å²) < 4.78 is 23.1. The minimum atomic E-state index is -1.21. The number of carbonyl (C=O) groups excluding carboxylic acids is 3. The highest BCUT2D eigenvalue weighted by molar-refractivity contribution is 5.91. The summed E-state index contributed by atoms with van der Waals surface area (Å²) in [4.78, 5) is 39.0. The highest BCUT2D eigenvalue weighted by Gasteiger charge is 2.48. The second-order valence-corrected chi connectivity index (χ2v) is 13.0. The predicted octanol–water partition coefficient (Wildman–Crippen LogP) is 3.84. The van der Waals surface area contributed by atoms with Crippen molar-refractivity contribution in [3.05, 3.63) is 47.5 Å². The molecule has 2 aliphatic rings. The summed E-state index contributed by atoms with van der Waals surface area (Å²) in [6.07, 6.45) is 4.01. The van der Waals surface area contributed by atoms with Crippen LogP contribution in [0.3, 0.4) is 0 Å². The normalized spacial score (nSPS) is 26.8. The molecule has 0 bridgehead atoms. The lowest BCUT2D eigenvalue weighted by Crippen LogP contribution is -2.62. The molecule has 10 heteroatoms. The van der Waals surface area contributed by atoms with E-state index in [9.17, 15) is 19.5 Å². The Balaban J connectivity index is 1.60. The first-order chi connectivity index (χ1) is 20.2. The first-order valence-corrected chi connectivity index (χ1v) is 15.4. The number of aliphatic hydroxyl groups is 1. The number of ether oxygens (including phenoxy) is 4. The molecule has 2 fully saturated rings. The van der Waals surface area contributed by atoms with Gasteiger partial charge in [0, 0.05) is 7.11 Å². The molecule has 2 heterocycles. The molecular formula is C33H50N2O8. The van der Waals surface area contributed by atoms with Crippen molar-refractivity contribution in [3.63, 3.8) is 0 Å². The van der Waals surface area contributed by atoms with Gasteiger partial charge in [-0.2, -0.15) is 0 Å². The number of hydrogen-bond acceptors (Lipinski definition) is 8. The van der Waals surface area contributed by atoms with Gasteiger partial charge in [0.1, 0.15) is 30.5 Å². The molecule has 3 N–H and O–H groups in total. The van der Waals surface area contributed by atoms with E-state index in [-0.39, 0.29) is 18.4 Å². The molecule has 0 aliphatic carbocycles. The molecule has 2 saturated heterocycles. The van der Waals surface area contributed by atoms with Gasteiger partial charge in [0.05, 0.1) is 12.1 Å². The van der Waals surface area contributed by atoms with Gasteiger partial charge in [0.2, 0.25) is 5.91 Å². The highest BCUT2D eigenvalue weighted by atomic mass is 16.7. The predicted molar refractivity (Wildman–Crippen MR) is 162 cm³/mol. The number of methoxy groups -OCH3 is 1. The summed E-state index contributed by atoms with van der Waals surface area (Å²) in [5, 5.41) is 16.6. The number of hydrogen-bond donors (Lipinski definition) is 3. The molecule has 43 heavy (non-hydrogen) atoms. The van der Waals surface area contributed by atoms with E-state index in [1.807, 2.05) is 39.0 Å². The fraction of sp³-hybridized carbons (Fsp3) is 0.667. The fourth-order valence-electron chi connectivity index (χ4n) is 5.20. The number of allylic oxidation sites excluding steroid dienone is 1. The van der Waals surface area contributed by atoms with Crippen molar-refractivity contribution < 1.29 is 38.4 Å². The van der Waals surface area contributed by atoms with Crippen LogP contribution in [-0.2, 0) is 35.0 Å². The van der Waals surface area contributed by atoms with Crippen LogP contribution >= 0.6 is 0 Å². The third-order valence-electron chi connectivity index (χ3n) is 7.56.